The summed E-state index contributed by atoms with van der Waals surface area (Å²) >= 11 is 0. The summed E-state index contributed by atoms with van der Waals surface area (Å²) in [6.07, 6.45) is -5.84. The Hall–Kier alpha value is -2.02. The van der Waals surface area contributed by atoms with Crippen LogP contribution in [0.25, 0.3) is 0 Å². The molecule has 0 bridgehead atoms. The molecule has 1 saturated heterocycles. The Morgan fingerprint density at radius 2 is 2.43 bits per heavy atom. The molecule has 0 amide bonds. The van der Waals surface area contributed by atoms with E-state index in [9.17, 15) is 19.4 Å². The van der Waals surface area contributed by atoms with Gasteiger partial charge in [-0.05, 0) is 6.92 Å². The van der Waals surface area contributed by atoms with Gasteiger partial charge in [-0.25, -0.2) is 13.6 Å². The number of hydrogen-bond acceptors (Lipinski definition) is 6. The highest BCUT2D eigenvalue weighted by atomic mass is 19.1. The first-order chi connectivity index (χ1) is 10.5. The van der Waals surface area contributed by atoms with Gasteiger partial charge in [0.1, 0.15) is 12.2 Å². The van der Waals surface area contributed by atoms with Crippen molar-refractivity contribution in [3.63, 3.8) is 0 Å². The molecule has 0 saturated carbocycles. The molecule has 0 radical (unpaired) electrons. The highest BCUT2D eigenvalue weighted by Gasteiger charge is 2.57. The van der Waals surface area contributed by atoms with Gasteiger partial charge in [0, 0.05) is 0 Å². The Bertz CT molecular complexity index is 743. The molecule has 1 fully saturated rings. The van der Waals surface area contributed by atoms with E-state index in [4.69, 9.17) is 13.2 Å². The van der Waals surface area contributed by atoms with Crippen LogP contribution in [0.1, 0.15) is 15.9 Å². The van der Waals surface area contributed by atoms with E-state index in [1.54, 1.807) is 0 Å². The van der Waals surface area contributed by atoms with Crippen LogP contribution in [0.15, 0.2) is 11.0 Å². The smallest absolute Gasteiger partial charge is 0.351 e. The lowest BCUT2D eigenvalue weighted by Gasteiger charge is -2.24. The molecule has 114 valence electrons. The Kier molecular flexibility index (Phi) is 3.27. The first kappa shape index (κ1) is 12.7. The zero-order chi connectivity index (χ0) is 17.6. The number of nitrogens with zero attached hydrogens (tertiary/aromatic N) is 2. The highest BCUT2D eigenvalue weighted by molar-refractivity contribution is 5.28. The van der Waals surface area contributed by atoms with E-state index >= 15 is 4.39 Å². The lowest BCUT2D eigenvalue weighted by atomic mass is 9.96. The summed E-state index contributed by atoms with van der Waals surface area (Å²) in [4.78, 5) is 14.9. The number of aromatic nitrogens is 2. The lowest BCUT2D eigenvalue weighted by molar-refractivity contribution is -0.0546. The second-order valence-electron chi connectivity index (χ2n) is 4.29. The van der Waals surface area contributed by atoms with E-state index in [0.717, 1.165) is 0 Å². The minimum atomic E-state index is -3.13. The first-order valence-corrected chi connectivity index (χ1v) is 5.75. The number of ether oxygens (including phenoxy) is 1. The minimum Gasteiger partial charge on any atom is -0.394 e. The quantitative estimate of drug-likeness (QED) is 0.601. The third-order valence-corrected chi connectivity index (χ3v) is 2.98. The molecule has 1 aliphatic heterocycles. The number of aliphatic hydroxyl groups is 2. The largest absolute Gasteiger partial charge is 0.394 e. The maximum atomic E-state index is 15.1. The van der Waals surface area contributed by atoms with Crippen LogP contribution in [0.5, 0.6) is 0 Å². The molecule has 1 aromatic heterocycles. The molecule has 7 nitrogen and oxygen atoms in total. The normalized spacial score (nSPS) is 33.9. The average molecular weight is 303 g/mol. The van der Waals surface area contributed by atoms with E-state index in [-0.39, 0.29) is 0 Å². The molecule has 21 heavy (non-hydrogen) atoms. The van der Waals surface area contributed by atoms with E-state index in [1.165, 1.54) is 6.92 Å². The van der Waals surface area contributed by atoms with Gasteiger partial charge in [-0.2, -0.15) is 4.98 Å². The van der Waals surface area contributed by atoms with Gasteiger partial charge in [0.15, 0.2) is 17.9 Å². The molecular weight excluding hydrogens is 288 g/mol. The summed E-state index contributed by atoms with van der Waals surface area (Å²) in [5, 5.41) is 19.3. The number of nitrogen functional groups attached to an aromatic ring is 1. The van der Waals surface area contributed by atoms with Crippen molar-refractivity contribution >= 4 is 5.82 Å². The van der Waals surface area contributed by atoms with Gasteiger partial charge in [-0.15, -0.1) is 5.92 Å². The molecule has 1 aliphatic rings. The zero-order valence-electron chi connectivity index (χ0n) is 12.7. The molecule has 0 aliphatic carbocycles. The minimum absolute atomic E-state index is 0.352. The predicted octanol–water partition coefficient (Wildman–Crippen LogP) is -1.05. The van der Waals surface area contributed by atoms with Crippen LogP contribution in [0, 0.1) is 17.7 Å². The summed E-state index contributed by atoms with van der Waals surface area (Å²) in [6, 6.07) is 0. The second-order valence-corrected chi connectivity index (χ2v) is 4.29. The number of alkyl halides is 1. The highest BCUT2D eigenvalue weighted by Crippen LogP contribution is 2.40. The van der Waals surface area contributed by atoms with Crippen molar-refractivity contribution < 1.29 is 26.5 Å². The molecule has 4 atom stereocenters. The number of nitrogens with two attached hydrogens (primary N) is 1. The lowest BCUT2D eigenvalue weighted by Crippen LogP contribution is -2.44. The number of anilines is 1. The van der Waals surface area contributed by atoms with E-state index in [1.807, 2.05) is 5.92 Å². The maximum Gasteiger partial charge on any atom is 0.351 e. The van der Waals surface area contributed by atoms with Crippen molar-refractivity contribution in [3.05, 3.63) is 22.5 Å². The van der Waals surface area contributed by atoms with Crippen LogP contribution in [-0.4, -0.2) is 44.2 Å². The average Bonchev–Trinajstić information content (AvgIpc) is 2.67. The van der Waals surface area contributed by atoms with Crippen molar-refractivity contribution in [2.45, 2.75) is 31.0 Å². The Labute approximate surface area is 120 Å². The fourth-order valence-corrected chi connectivity index (χ4v) is 2.00. The van der Waals surface area contributed by atoms with Gasteiger partial charge < -0.3 is 20.7 Å². The summed E-state index contributed by atoms with van der Waals surface area (Å²) in [5.41, 5.74) is 0.950. The topological polar surface area (TPSA) is 111 Å². The van der Waals surface area contributed by atoms with Gasteiger partial charge in [0.05, 0.1) is 15.5 Å². The number of rotatable bonds is 2. The zero-order valence-corrected chi connectivity index (χ0v) is 10.7. The van der Waals surface area contributed by atoms with Gasteiger partial charge in [-0.3, -0.25) is 4.57 Å². The molecule has 0 aromatic carbocycles. The molecule has 1 unspecified atom stereocenters. The van der Waals surface area contributed by atoms with Gasteiger partial charge in [0.2, 0.25) is 5.67 Å². The molecular formula is C12H13F2N3O4. The van der Waals surface area contributed by atoms with Crippen LogP contribution in [0.2, 0.25) is 0 Å². The van der Waals surface area contributed by atoms with Gasteiger partial charge in [0.25, 0.3) is 0 Å². The molecule has 2 rings (SSSR count). The van der Waals surface area contributed by atoms with Crippen LogP contribution in [0.3, 0.4) is 0 Å². The Morgan fingerprint density at radius 3 is 3.00 bits per heavy atom. The maximum absolute atomic E-state index is 15.1. The molecule has 1 aromatic rings. The van der Waals surface area contributed by atoms with E-state index in [2.05, 4.69) is 10.9 Å². The van der Waals surface area contributed by atoms with Crippen LogP contribution in [-0.2, 0) is 4.74 Å². The Morgan fingerprint density at radius 1 is 1.76 bits per heavy atom. The number of aliphatic hydroxyl groups excluding tert-OH is 1. The number of hydrogen-bond donors (Lipinski definition) is 3. The monoisotopic (exact) mass is 303 g/mol. The summed E-state index contributed by atoms with van der Waals surface area (Å²) in [6.45, 7) is -1.90. The molecule has 2 heterocycles. The van der Waals surface area contributed by atoms with Crippen LogP contribution < -0.4 is 11.4 Å². The molecule has 4 N–H and O–H groups in total. The fraction of sp³-hybridized carbons (Fsp3) is 0.500. The van der Waals surface area contributed by atoms with Crippen molar-refractivity contribution in [2.24, 2.45) is 0 Å². The summed E-state index contributed by atoms with van der Waals surface area (Å²) < 4.78 is 48.2. The summed E-state index contributed by atoms with van der Waals surface area (Å²) in [5.74, 6) is 2.28. The summed E-state index contributed by atoms with van der Waals surface area (Å²) in [7, 11) is 0. The molecule has 9 heteroatoms. The first-order valence-electron chi connectivity index (χ1n) is 6.75. The fourth-order valence-electron chi connectivity index (χ4n) is 2.00. The van der Waals surface area contributed by atoms with Gasteiger partial charge in [-0.1, -0.05) is 5.92 Å². The predicted molar refractivity (Wildman–Crippen MR) is 67.2 cm³/mol. The Balaban J connectivity index is 2.62. The van der Waals surface area contributed by atoms with Gasteiger partial charge >= 0.3 is 5.69 Å². The molecule has 0 spiro atoms. The third-order valence-electron chi connectivity index (χ3n) is 2.98. The third kappa shape index (κ3) is 2.37. The van der Waals surface area contributed by atoms with Crippen LogP contribution >= 0.6 is 0 Å². The van der Waals surface area contributed by atoms with E-state index < -0.39 is 48.0 Å². The second kappa shape index (κ2) is 5.40. The number of halogens is 2. The standard InChI is InChI=1S/C12H13F2N3O4/c1-2-3-12(14)8(19)7(5-18)21-10(12)17-4-6(13)9(15)16-11(17)20/h4,7-8,10,18-19H,5H2,1H3,(H2,15,16,20)/t7-,8+,10-,12?/m1/s1/i5D2. The van der Waals surface area contributed by atoms with Crippen molar-refractivity contribution in [2.75, 3.05) is 12.3 Å². The van der Waals surface area contributed by atoms with Crippen molar-refractivity contribution in [1.82, 2.24) is 9.55 Å². The van der Waals surface area contributed by atoms with Crippen molar-refractivity contribution in [1.29, 1.82) is 0 Å². The van der Waals surface area contributed by atoms with Crippen molar-refractivity contribution in [3.8, 4) is 11.8 Å². The van der Waals surface area contributed by atoms with Crippen LogP contribution in [0.4, 0.5) is 14.6 Å². The SMILES string of the molecule is [2H]C([2H])(O)[C@H]1O[C@@H](n2cc(F)c(N)nc2=O)C(F)(C#CC)[C@H]1O. The van der Waals surface area contributed by atoms with E-state index in [0.29, 0.717) is 10.8 Å².